The lowest BCUT2D eigenvalue weighted by molar-refractivity contribution is -0.145. The van der Waals surface area contributed by atoms with Gasteiger partial charge < -0.3 is 9.52 Å². The lowest BCUT2D eigenvalue weighted by Crippen LogP contribution is -2.43. The first-order valence-corrected chi connectivity index (χ1v) is 8.71. The van der Waals surface area contributed by atoms with Crippen LogP contribution < -0.4 is 0 Å². The minimum atomic E-state index is -1.04. The number of aliphatic carboxylic acids is 1. The van der Waals surface area contributed by atoms with Crippen LogP contribution in [-0.4, -0.2) is 32.2 Å². The molecule has 1 aliphatic rings. The van der Waals surface area contributed by atoms with Gasteiger partial charge in [0.25, 0.3) is 5.91 Å². The van der Waals surface area contributed by atoms with Gasteiger partial charge in [0, 0.05) is 6.08 Å². The van der Waals surface area contributed by atoms with Crippen molar-refractivity contribution >= 4 is 62.2 Å². The summed E-state index contributed by atoms with van der Waals surface area (Å²) in [7, 11) is 0. The number of hydrogen-bond donors (Lipinski definition) is 1. The van der Waals surface area contributed by atoms with Crippen molar-refractivity contribution in [3.63, 3.8) is 0 Å². The number of carbonyl (C=O) groups is 2. The van der Waals surface area contributed by atoms with E-state index in [0.29, 0.717) is 21.8 Å². The van der Waals surface area contributed by atoms with Gasteiger partial charge in [-0.3, -0.25) is 9.69 Å². The van der Waals surface area contributed by atoms with Crippen molar-refractivity contribution in [1.29, 1.82) is 0 Å². The van der Waals surface area contributed by atoms with E-state index in [1.54, 1.807) is 18.2 Å². The Labute approximate surface area is 145 Å². The SMILES string of the molecule is CCCC[C@H](C(=O)O)N1C(=O)/C(=C\c2ccc(Br)o2)SC1=S. The Balaban J connectivity index is 2.23. The Morgan fingerprint density at radius 3 is 2.86 bits per heavy atom. The fourth-order valence-electron chi connectivity index (χ4n) is 2.04. The quantitative estimate of drug-likeness (QED) is 0.573. The summed E-state index contributed by atoms with van der Waals surface area (Å²) in [6, 6.07) is 2.51. The number of unbranched alkanes of at least 4 members (excludes halogenated alkanes) is 1. The molecule has 0 unspecified atom stereocenters. The van der Waals surface area contributed by atoms with Gasteiger partial charge in [-0.05, 0) is 34.5 Å². The lowest BCUT2D eigenvalue weighted by Gasteiger charge is -2.22. The van der Waals surface area contributed by atoms with Crippen LogP contribution in [0.3, 0.4) is 0 Å². The van der Waals surface area contributed by atoms with Crippen LogP contribution in [0.1, 0.15) is 31.9 Å². The number of furan rings is 1. The van der Waals surface area contributed by atoms with Gasteiger partial charge in [0.15, 0.2) is 4.67 Å². The number of amides is 1. The smallest absolute Gasteiger partial charge is 0.326 e. The summed E-state index contributed by atoms with van der Waals surface area (Å²) in [5.41, 5.74) is 0. The molecule has 1 fully saturated rings. The third-order valence-electron chi connectivity index (χ3n) is 3.12. The van der Waals surface area contributed by atoms with Crippen LogP contribution in [0.25, 0.3) is 6.08 Å². The molecule has 0 aromatic carbocycles. The second-order valence-corrected chi connectivity index (χ2v) is 7.15. The Morgan fingerprint density at radius 1 is 1.59 bits per heavy atom. The first-order chi connectivity index (χ1) is 10.4. The van der Waals surface area contributed by atoms with E-state index < -0.39 is 12.0 Å². The zero-order valence-electron chi connectivity index (χ0n) is 11.7. The van der Waals surface area contributed by atoms with Crippen molar-refractivity contribution < 1.29 is 19.1 Å². The molecule has 1 aromatic heterocycles. The predicted molar refractivity (Wildman–Crippen MR) is 92.4 cm³/mol. The maximum absolute atomic E-state index is 12.5. The fourth-order valence-corrected chi connectivity index (χ4v) is 3.70. The van der Waals surface area contributed by atoms with Crippen LogP contribution >= 0.6 is 39.9 Å². The Morgan fingerprint density at radius 2 is 2.32 bits per heavy atom. The zero-order valence-corrected chi connectivity index (χ0v) is 15.0. The molecule has 0 aliphatic carbocycles. The molecule has 0 bridgehead atoms. The number of halogens is 1. The van der Waals surface area contributed by atoms with Gasteiger partial charge in [-0.2, -0.15) is 0 Å². The highest BCUT2D eigenvalue weighted by atomic mass is 79.9. The third-order valence-corrected chi connectivity index (χ3v) is 4.88. The molecule has 0 saturated carbocycles. The monoisotopic (exact) mass is 403 g/mol. The largest absolute Gasteiger partial charge is 0.480 e. The molecule has 2 rings (SSSR count). The summed E-state index contributed by atoms with van der Waals surface area (Å²) >= 11 is 9.47. The number of thiocarbonyl (C=S) groups is 1. The molecule has 1 N–H and O–H groups in total. The summed E-state index contributed by atoms with van der Waals surface area (Å²) in [4.78, 5) is 25.5. The first kappa shape index (κ1) is 17.2. The molecule has 0 radical (unpaired) electrons. The number of hydrogen-bond acceptors (Lipinski definition) is 5. The van der Waals surface area contributed by atoms with Gasteiger partial charge in [-0.15, -0.1) is 0 Å². The molecular formula is C14H14BrNO4S2. The summed E-state index contributed by atoms with van der Waals surface area (Å²) in [6.45, 7) is 1.97. The third kappa shape index (κ3) is 3.80. The molecule has 1 aliphatic heterocycles. The minimum Gasteiger partial charge on any atom is -0.480 e. The molecule has 1 saturated heterocycles. The maximum Gasteiger partial charge on any atom is 0.326 e. The molecule has 2 heterocycles. The molecular weight excluding hydrogens is 390 g/mol. The molecule has 22 heavy (non-hydrogen) atoms. The van der Waals surface area contributed by atoms with Crippen molar-refractivity contribution in [2.45, 2.75) is 32.2 Å². The number of carbonyl (C=O) groups excluding carboxylic acids is 1. The van der Waals surface area contributed by atoms with E-state index in [1.807, 2.05) is 6.92 Å². The van der Waals surface area contributed by atoms with Crippen molar-refractivity contribution in [1.82, 2.24) is 4.90 Å². The minimum absolute atomic E-state index is 0.269. The van der Waals surface area contributed by atoms with E-state index >= 15 is 0 Å². The number of carboxylic acid groups (broad SMARTS) is 1. The van der Waals surface area contributed by atoms with Crippen LogP contribution in [-0.2, 0) is 9.59 Å². The number of rotatable bonds is 6. The van der Waals surface area contributed by atoms with Crippen LogP contribution in [0.5, 0.6) is 0 Å². The van der Waals surface area contributed by atoms with Gasteiger partial charge >= 0.3 is 5.97 Å². The second kappa shape index (κ2) is 7.43. The van der Waals surface area contributed by atoms with Gasteiger partial charge in [-0.25, -0.2) is 4.79 Å². The number of carboxylic acids is 1. The van der Waals surface area contributed by atoms with Crippen molar-refractivity contribution in [3.8, 4) is 0 Å². The first-order valence-electron chi connectivity index (χ1n) is 6.69. The molecule has 8 heteroatoms. The van der Waals surface area contributed by atoms with E-state index in [4.69, 9.17) is 16.6 Å². The molecule has 1 atom stereocenters. The van der Waals surface area contributed by atoms with Crippen LogP contribution in [0, 0.1) is 0 Å². The van der Waals surface area contributed by atoms with E-state index in [0.717, 1.165) is 24.6 Å². The Hall–Kier alpha value is -1.12. The normalized spacial score (nSPS) is 18.3. The predicted octanol–water partition coefficient (Wildman–Crippen LogP) is 3.89. The Bertz CT molecular complexity index is 641. The van der Waals surface area contributed by atoms with Gasteiger partial charge in [-0.1, -0.05) is 43.7 Å². The second-order valence-electron chi connectivity index (χ2n) is 4.69. The van der Waals surface area contributed by atoms with Gasteiger partial charge in [0.1, 0.15) is 16.1 Å². The maximum atomic E-state index is 12.5. The summed E-state index contributed by atoms with van der Waals surface area (Å²) in [5.74, 6) is -0.912. The highest BCUT2D eigenvalue weighted by molar-refractivity contribution is 9.10. The summed E-state index contributed by atoms with van der Waals surface area (Å²) in [6.07, 6.45) is 3.54. The topological polar surface area (TPSA) is 70.8 Å². The van der Waals surface area contributed by atoms with E-state index in [1.165, 1.54) is 4.90 Å². The van der Waals surface area contributed by atoms with Crippen molar-refractivity contribution in [2.75, 3.05) is 0 Å². The van der Waals surface area contributed by atoms with Crippen molar-refractivity contribution in [2.24, 2.45) is 0 Å². The van der Waals surface area contributed by atoms with Crippen LogP contribution in [0.15, 0.2) is 26.1 Å². The van der Waals surface area contributed by atoms with E-state index in [-0.39, 0.29) is 10.2 Å². The van der Waals surface area contributed by atoms with Crippen LogP contribution in [0.2, 0.25) is 0 Å². The molecule has 5 nitrogen and oxygen atoms in total. The molecule has 118 valence electrons. The average Bonchev–Trinajstić information content (AvgIpc) is 2.97. The van der Waals surface area contributed by atoms with E-state index in [2.05, 4.69) is 15.9 Å². The zero-order chi connectivity index (χ0) is 16.3. The standard InChI is InChI=1S/C14H14BrNO4S2/c1-2-3-4-9(13(18)19)16-12(17)10(22-14(16)21)7-8-5-6-11(15)20-8/h5-7,9H,2-4H2,1H3,(H,18,19)/b10-7+/t9-/m1/s1. The molecule has 1 aromatic rings. The Kier molecular flexibility index (Phi) is 5.82. The highest BCUT2D eigenvalue weighted by Gasteiger charge is 2.40. The fraction of sp³-hybridized carbons (Fsp3) is 0.357. The van der Waals surface area contributed by atoms with Crippen LogP contribution in [0.4, 0.5) is 0 Å². The molecule has 1 amide bonds. The summed E-state index contributed by atoms with van der Waals surface area (Å²) in [5, 5.41) is 9.37. The average molecular weight is 404 g/mol. The van der Waals surface area contributed by atoms with Crippen molar-refractivity contribution in [3.05, 3.63) is 27.5 Å². The highest BCUT2D eigenvalue weighted by Crippen LogP contribution is 2.35. The lowest BCUT2D eigenvalue weighted by atomic mass is 10.1. The van der Waals surface area contributed by atoms with Gasteiger partial charge in [0.05, 0.1) is 4.91 Å². The summed E-state index contributed by atoms with van der Waals surface area (Å²) < 4.78 is 6.16. The number of nitrogens with zero attached hydrogens (tertiary/aromatic N) is 1. The van der Waals surface area contributed by atoms with Gasteiger partial charge in [0.2, 0.25) is 0 Å². The number of thioether (sulfide) groups is 1. The van der Waals surface area contributed by atoms with E-state index in [9.17, 15) is 14.7 Å². The molecule has 0 spiro atoms.